The van der Waals surface area contributed by atoms with Gasteiger partial charge in [0.25, 0.3) is 5.91 Å². The molecule has 168 valence electrons. The van der Waals surface area contributed by atoms with E-state index < -0.39 is 0 Å². The highest BCUT2D eigenvalue weighted by atomic mass is 35.5. The lowest BCUT2D eigenvalue weighted by Crippen LogP contribution is -2.28. The third kappa shape index (κ3) is 5.89. The van der Waals surface area contributed by atoms with Gasteiger partial charge in [0.15, 0.2) is 11.0 Å². The summed E-state index contributed by atoms with van der Waals surface area (Å²) in [5.41, 5.74) is 2.38. The van der Waals surface area contributed by atoms with E-state index in [0.717, 1.165) is 5.69 Å². The second kappa shape index (κ2) is 10.7. The largest absolute Gasteiger partial charge is 0.342 e. The molecule has 0 aliphatic carbocycles. The fraction of sp³-hybridized carbons (Fsp3) is 0.304. The second-order valence-corrected chi connectivity index (χ2v) is 9.04. The maximum absolute atomic E-state index is 12.5. The number of halogens is 1. The van der Waals surface area contributed by atoms with Crippen LogP contribution in [0.15, 0.2) is 53.7 Å². The van der Waals surface area contributed by atoms with Crippen LogP contribution in [-0.2, 0) is 11.8 Å². The topological polar surface area (TPSA) is 88.9 Å². The Kier molecular flexibility index (Phi) is 7.93. The second-order valence-electron chi connectivity index (χ2n) is 7.69. The van der Waals surface area contributed by atoms with Crippen LogP contribution in [0.4, 0.5) is 5.69 Å². The molecule has 0 radical (unpaired) electrons. The molecule has 32 heavy (non-hydrogen) atoms. The van der Waals surface area contributed by atoms with Gasteiger partial charge < -0.3 is 15.2 Å². The minimum atomic E-state index is -0.390. The molecule has 0 saturated heterocycles. The van der Waals surface area contributed by atoms with E-state index in [0.29, 0.717) is 27.5 Å². The van der Waals surface area contributed by atoms with Crippen LogP contribution in [0.25, 0.3) is 0 Å². The standard InChI is InChI=1S/C23H26ClN5O2S/c1-14(2)16-9-11-17(12-10-16)26-20(30)13-32-23-28-27-21(29(23)4)15(3)25-22(31)18-7-5-6-8-19(18)24/h5-12,14-15H,13H2,1-4H3,(H,25,31)(H,26,30)/t15-/m1/s1. The van der Waals surface area contributed by atoms with Crippen molar-refractivity contribution in [1.82, 2.24) is 20.1 Å². The molecule has 1 heterocycles. The van der Waals surface area contributed by atoms with Gasteiger partial charge >= 0.3 is 0 Å². The number of thioether (sulfide) groups is 1. The molecule has 1 aromatic heterocycles. The smallest absolute Gasteiger partial charge is 0.253 e. The normalized spacial score (nSPS) is 11.9. The fourth-order valence-corrected chi connectivity index (χ4v) is 4.03. The summed E-state index contributed by atoms with van der Waals surface area (Å²) in [6.45, 7) is 6.08. The summed E-state index contributed by atoms with van der Waals surface area (Å²) in [6.07, 6.45) is 0. The van der Waals surface area contributed by atoms with Crippen LogP contribution in [0.5, 0.6) is 0 Å². The van der Waals surface area contributed by atoms with Gasteiger partial charge in [-0.05, 0) is 42.7 Å². The Morgan fingerprint density at radius 1 is 1.06 bits per heavy atom. The van der Waals surface area contributed by atoms with Crippen LogP contribution in [0.3, 0.4) is 0 Å². The summed E-state index contributed by atoms with van der Waals surface area (Å²) >= 11 is 7.38. The predicted octanol–water partition coefficient (Wildman–Crippen LogP) is 4.81. The fourth-order valence-electron chi connectivity index (χ4n) is 3.09. The molecule has 0 aliphatic heterocycles. The maximum atomic E-state index is 12.5. The number of hydrogen-bond acceptors (Lipinski definition) is 5. The average molecular weight is 472 g/mol. The maximum Gasteiger partial charge on any atom is 0.253 e. The minimum Gasteiger partial charge on any atom is -0.342 e. The monoisotopic (exact) mass is 471 g/mol. The minimum absolute atomic E-state index is 0.128. The molecule has 9 heteroatoms. The highest BCUT2D eigenvalue weighted by Gasteiger charge is 2.20. The van der Waals surface area contributed by atoms with E-state index in [2.05, 4.69) is 34.7 Å². The summed E-state index contributed by atoms with van der Waals surface area (Å²) in [5, 5.41) is 15.1. The van der Waals surface area contributed by atoms with Gasteiger partial charge in [0, 0.05) is 12.7 Å². The predicted molar refractivity (Wildman–Crippen MR) is 128 cm³/mol. The third-order valence-corrected chi connectivity index (χ3v) is 6.27. The zero-order valence-electron chi connectivity index (χ0n) is 18.4. The first-order valence-electron chi connectivity index (χ1n) is 10.2. The van der Waals surface area contributed by atoms with Crippen molar-refractivity contribution in [3.63, 3.8) is 0 Å². The van der Waals surface area contributed by atoms with E-state index in [1.165, 1.54) is 17.3 Å². The molecular weight excluding hydrogens is 446 g/mol. The van der Waals surface area contributed by atoms with Crippen molar-refractivity contribution >= 4 is 40.9 Å². The van der Waals surface area contributed by atoms with Gasteiger partial charge in [-0.3, -0.25) is 9.59 Å². The van der Waals surface area contributed by atoms with Gasteiger partial charge in [0.1, 0.15) is 0 Å². The Morgan fingerprint density at radius 3 is 2.41 bits per heavy atom. The van der Waals surface area contributed by atoms with Crippen molar-refractivity contribution in [2.24, 2.45) is 7.05 Å². The van der Waals surface area contributed by atoms with Gasteiger partial charge in [0.05, 0.1) is 22.4 Å². The molecule has 2 aromatic carbocycles. The SMILES string of the molecule is CC(C)c1ccc(NC(=O)CSc2nnc([C@@H](C)NC(=O)c3ccccc3Cl)n2C)cc1. The Balaban J connectivity index is 1.56. The first-order valence-corrected chi connectivity index (χ1v) is 11.6. The molecule has 0 aliphatic rings. The molecular formula is C23H26ClN5O2S. The highest BCUT2D eigenvalue weighted by Crippen LogP contribution is 2.22. The number of carbonyl (C=O) groups excluding carboxylic acids is 2. The zero-order valence-corrected chi connectivity index (χ0v) is 20.0. The van der Waals surface area contributed by atoms with Crippen molar-refractivity contribution in [1.29, 1.82) is 0 Å². The first kappa shape index (κ1) is 23.8. The van der Waals surface area contributed by atoms with E-state index >= 15 is 0 Å². The molecule has 0 unspecified atom stereocenters. The van der Waals surface area contributed by atoms with E-state index in [9.17, 15) is 9.59 Å². The quantitative estimate of drug-likeness (QED) is 0.460. The van der Waals surface area contributed by atoms with Crippen molar-refractivity contribution in [2.75, 3.05) is 11.1 Å². The molecule has 0 saturated carbocycles. The number of rotatable bonds is 8. The highest BCUT2D eigenvalue weighted by molar-refractivity contribution is 7.99. The number of nitrogens with one attached hydrogen (secondary N) is 2. The molecule has 0 bridgehead atoms. The van der Waals surface area contributed by atoms with Crippen molar-refractivity contribution in [3.05, 3.63) is 70.5 Å². The van der Waals surface area contributed by atoms with Gasteiger partial charge in [-0.25, -0.2) is 0 Å². The van der Waals surface area contributed by atoms with Crippen LogP contribution in [0, 0.1) is 0 Å². The number of benzene rings is 2. The number of aromatic nitrogens is 3. The van der Waals surface area contributed by atoms with Crippen LogP contribution in [0.2, 0.25) is 5.02 Å². The average Bonchev–Trinajstić information content (AvgIpc) is 3.13. The van der Waals surface area contributed by atoms with Crippen LogP contribution in [0.1, 0.15) is 54.5 Å². The lowest BCUT2D eigenvalue weighted by atomic mass is 10.0. The van der Waals surface area contributed by atoms with Gasteiger partial charge in [0.2, 0.25) is 5.91 Å². The lowest BCUT2D eigenvalue weighted by molar-refractivity contribution is -0.113. The molecule has 3 aromatic rings. The van der Waals surface area contributed by atoms with Gasteiger partial charge in [-0.15, -0.1) is 10.2 Å². The third-order valence-electron chi connectivity index (χ3n) is 4.92. The molecule has 3 rings (SSSR count). The molecule has 1 atom stereocenters. The van der Waals surface area contributed by atoms with E-state index in [1.807, 2.05) is 31.2 Å². The molecule has 0 spiro atoms. The molecule has 0 fully saturated rings. The summed E-state index contributed by atoms with van der Waals surface area (Å²) in [5.74, 6) is 0.799. The zero-order chi connectivity index (χ0) is 23.3. The summed E-state index contributed by atoms with van der Waals surface area (Å²) in [7, 11) is 1.80. The summed E-state index contributed by atoms with van der Waals surface area (Å²) < 4.78 is 1.77. The van der Waals surface area contributed by atoms with Gasteiger partial charge in [-0.2, -0.15) is 0 Å². The van der Waals surface area contributed by atoms with Crippen LogP contribution >= 0.6 is 23.4 Å². The van der Waals surface area contributed by atoms with Crippen LogP contribution in [-0.4, -0.2) is 32.3 Å². The molecule has 2 N–H and O–H groups in total. The summed E-state index contributed by atoms with van der Waals surface area (Å²) in [4.78, 5) is 24.8. The van der Waals surface area contributed by atoms with Gasteiger partial charge in [-0.1, -0.05) is 61.5 Å². The number of amides is 2. The van der Waals surface area contributed by atoms with E-state index in [1.54, 1.807) is 35.9 Å². The van der Waals surface area contributed by atoms with Crippen molar-refractivity contribution in [2.45, 2.75) is 37.9 Å². The molecule has 2 amide bonds. The number of hydrogen-bond donors (Lipinski definition) is 2. The Labute approximate surface area is 197 Å². The van der Waals surface area contributed by atoms with Crippen molar-refractivity contribution in [3.8, 4) is 0 Å². The summed E-state index contributed by atoms with van der Waals surface area (Å²) in [6, 6.07) is 14.3. The number of nitrogens with zero attached hydrogens (tertiary/aromatic N) is 3. The number of carbonyl (C=O) groups is 2. The van der Waals surface area contributed by atoms with Crippen LogP contribution < -0.4 is 10.6 Å². The van der Waals surface area contributed by atoms with E-state index in [-0.39, 0.29) is 23.6 Å². The number of anilines is 1. The first-order chi connectivity index (χ1) is 15.3. The molecule has 7 nitrogen and oxygen atoms in total. The Hall–Kier alpha value is -2.84. The Bertz CT molecular complexity index is 1100. The van der Waals surface area contributed by atoms with Crippen molar-refractivity contribution < 1.29 is 9.59 Å². The van der Waals surface area contributed by atoms with E-state index in [4.69, 9.17) is 11.6 Å². The lowest BCUT2D eigenvalue weighted by Gasteiger charge is -2.14. The Morgan fingerprint density at radius 2 is 1.75 bits per heavy atom.